The Labute approximate surface area is 169 Å². The molecule has 3 aromatic heterocycles. The number of carbonyl (C=O) groups excluding carboxylic acids is 1. The number of aromatic nitrogens is 3. The predicted octanol–water partition coefficient (Wildman–Crippen LogP) is 3.47. The summed E-state index contributed by atoms with van der Waals surface area (Å²) in [6, 6.07) is 12.6. The van der Waals surface area contributed by atoms with Crippen LogP contribution in [0.25, 0.3) is 21.5 Å². The number of aromatic amines is 1. The minimum atomic E-state index is -0.304. The summed E-state index contributed by atoms with van der Waals surface area (Å²) in [7, 11) is 0. The summed E-state index contributed by atoms with van der Waals surface area (Å²) < 4.78 is 1.19. The Hall–Kier alpha value is -2.90. The van der Waals surface area contributed by atoms with E-state index in [2.05, 4.69) is 15.4 Å². The van der Waals surface area contributed by atoms with Crippen LogP contribution in [-0.2, 0) is 17.8 Å². The number of amides is 1. The fourth-order valence-corrected chi connectivity index (χ4v) is 3.87. The molecule has 0 spiro atoms. The summed E-state index contributed by atoms with van der Waals surface area (Å²) >= 11 is 7.60. The van der Waals surface area contributed by atoms with Crippen LogP contribution in [0.3, 0.4) is 0 Å². The molecular weight excluding hydrogens is 396 g/mol. The molecule has 0 aliphatic carbocycles. The number of nitrogens with one attached hydrogen (secondary N) is 2. The van der Waals surface area contributed by atoms with E-state index in [-0.39, 0.29) is 18.0 Å². The predicted molar refractivity (Wildman–Crippen MR) is 112 cm³/mol. The second-order valence-electron chi connectivity index (χ2n) is 6.30. The third-order valence-corrected chi connectivity index (χ3v) is 5.51. The highest BCUT2D eigenvalue weighted by Gasteiger charge is 2.09. The van der Waals surface area contributed by atoms with Crippen molar-refractivity contribution in [2.45, 2.75) is 13.0 Å². The van der Waals surface area contributed by atoms with Crippen molar-refractivity contribution in [3.05, 3.63) is 75.0 Å². The topological polar surface area (TPSA) is 79.8 Å². The van der Waals surface area contributed by atoms with Crippen molar-refractivity contribution < 1.29 is 4.79 Å². The number of thiophene rings is 1. The summed E-state index contributed by atoms with van der Waals surface area (Å²) in [5.74, 6) is -0.254. The zero-order valence-electron chi connectivity index (χ0n) is 14.8. The Balaban J connectivity index is 1.39. The van der Waals surface area contributed by atoms with Gasteiger partial charge in [-0.05, 0) is 47.7 Å². The van der Waals surface area contributed by atoms with E-state index in [0.29, 0.717) is 23.7 Å². The highest BCUT2D eigenvalue weighted by atomic mass is 35.5. The van der Waals surface area contributed by atoms with Crippen LogP contribution in [0.4, 0.5) is 0 Å². The van der Waals surface area contributed by atoms with Gasteiger partial charge in [0.25, 0.3) is 5.56 Å². The quantitative estimate of drug-likeness (QED) is 0.509. The maximum Gasteiger partial charge on any atom is 0.267 e. The Bertz CT molecular complexity index is 1180. The van der Waals surface area contributed by atoms with Gasteiger partial charge in [-0.3, -0.25) is 9.59 Å². The first-order chi connectivity index (χ1) is 13.6. The smallest absolute Gasteiger partial charge is 0.267 e. The van der Waals surface area contributed by atoms with Crippen LogP contribution in [-0.4, -0.2) is 27.2 Å². The van der Waals surface area contributed by atoms with Gasteiger partial charge in [0, 0.05) is 34.7 Å². The summed E-state index contributed by atoms with van der Waals surface area (Å²) in [6.07, 6.45) is 2.58. The molecule has 0 aliphatic rings. The van der Waals surface area contributed by atoms with Gasteiger partial charge < -0.3 is 10.3 Å². The second kappa shape index (κ2) is 8.00. The SMILES string of the molecule is O=C(Cn1nc(-c2cccs2)ccc1=O)NCCc1c[nH]c2ccc(Cl)cc12. The molecule has 0 aliphatic heterocycles. The van der Waals surface area contributed by atoms with Gasteiger partial charge >= 0.3 is 0 Å². The summed E-state index contributed by atoms with van der Waals surface area (Å²) in [4.78, 5) is 28.4. The maximum atomic E-state index is 12.3. The van der Waals surface area contributed by atoms with E-state index in [1.54, 1.807) is 6.07 Å². The number of hydrogen-bond acceptors (Lipinski definition) is 4. The average Bonchev–Trinajstić information content (AvgIpc) is 3.34. The van der Waals surface area contributed by atoms with Crippen LogP contribution < -0.4 is 10.9 Å². The molecule has 6 nitrogen and oxygen atoms in total. The Kier molecular flexibility index (Phi) is 5.27. The van der Waals surface area contributed by atoms with E-state index in [4.69, 9.17) is 11.6 Å². The highest BCUT2D eigenvalue weighted by molar-refractivity contribution is 7.13. The minimum absolute atomic E-state index is 0.113. The van der Waals surface area contributed by atoms with Crippen LogP contribution in [0.2, 0.25) is 5.02 Å². The van der Waals surface area contributed by atoms with Gasteiger partial charge in [0.05, 0.1) is 4.88 Å². The van der Waals surface area contributed by atoms with Crippen molar-refractivity contribution in [3.8, 4) is 10.6 Å². The average molecular weight is 413 g/mol. The molecule has 0 fully saturated rings. The third-order valence-electron chi connectivity index (χ3n) is 4.38. The summed E-state index contributed by atoms with van der Waals surface area (Å²) in [6.45, 7) is 0.343. The lowest BCUT2D eigenvalue weighted by Crippen LogP contribution is -2.34. The van der Waals surface area contributed by atoms with Crippen LogP contribution in [0.1, 0.15) is 5.56 Å². The number of H-pyrrole nitrogens is 1. The van der Waals surface area contributed by atoms with E-state index >= 15 is 0 Å². The molecule has 0 bridgehead atoms. The van der Waals surface area contributed by atoms with Crippen LogP contribution in [0.5, 0.6) is 0 Å². The van der Waals surface area contributed by atoms with E-state index in [9.17, 15) is 9.59 Å². The maximum absolute atomic E-state index is 12.3. The van der Waals surface area contributed by atoms with Crippen molar-refractivity contribution in [3.63, 3.8) is 0 Å². The van der Waals surface area contributed by atoms with Crippen molar-refractivity contribution in [2.75, 3.05) is 6.54 Å². The molecule has 4 rings (SSSR count). The van der Waals surface area contributed by atoms with Gasteiger partial charge in [-0.25, -0.2) is 4.68 Å². The van der Waals surface area contributed by atoms with Gasteiger partial charge in [-0.15, -0.1) is 11.3 Å². The van der Waals surface area contributed by atoms with Crippen molar-refractivity contribution in [1.82, 2.24) is 20.1 Å². The van der Waals surface area contributed by atoms with E-state index < -0.39 is 0 Å². The minimum Gasteiger partial charge on any atom is -0.361 e. The molecule has 4 aromatic rings. The molecule has 142 valence electrons. The molecule has 0 radical (unpaired) electrons. The molecule has 0 saturated heterocycles. The number of fused-ring (bicyclic) bond motifs is 1. The Morgan fingerprint density at radius 2 is 2.14 bits per heavy atom. The Morgan fingerprint density at radius 3 is 2.96 bits per heavy atom. The zero-order chi connectivity index (χ0) is 19.5. The van der Waals surface area contributed by atoms with Gasteiger partial charge in [0.15, 0.2) is 0 Å². The van der Waals surface area contributed by atoms with Gasteiger partial charge in [-0.1, -0.05) is 17.7 Å². The second-order valence-corrected chi connectivity index (χ2v) is 7.68. The molecule has 8 heteroatoms. The van der Waals surface area contributed by atoms with E-state index in [1.165, 1.54) is 22.1 Å². The zero-order valence-corrected chi connectivity index (χ0v) is 16.4. The van der Waals surface area contributed by atoms with Gasteiger partial charge in [0.1, 0.15) is 12.2 Å². The summed E-state index contributed by atoms with van der Waals surface area (Å²) in [5, 5.41) is 10.8. The van der Waals surface area contributed by atoms with Gasteiger partial charge in [-0.2, -0.15) is 5.10 Å². The molecule has 1 amide bonds. The first kappa shape index (κ1) is 18.5. The molecule has 1 aromatic carbocycles. The molecule has 0 saturated carbocycles. The number of rotatable bonds is 6. The molecular formula is C20H17ClN4O2S. The van der Waals surface area contributed by atoms with E-state index in [0.717, 1.165) is 21.3 Å². The lowest BCUT2D eigenvalue weighted by Gasteiger charge is -2.07. The fraction of sp³-hybridized carbons (Fsp3) is 0.150. The van der Waals surface area contributed by atoms with Crippen molar-refractivity contribution in [2.24, 2.45) is 0 Å². The van der Waals surface area contributed by atoms with Crippen LogP contribution >= 0.6 is 22.9 Å². The van der Waals surface area contributed by atoms with Crippen LogP contribution in [0.15, 0.2) is 58.8 Å². The van der Waals surface area contributed by atoms with Crippen molar-refractivity contribution in [1.29, 1.82) is 0 Å². The first-order valence-corrected chi connectivity index (χ1v) is 10.0. The molecule has 0 unspecified atom stereocenters. The molecule has 0 atom stereocenters. The lowest BCUT2D eigenvalue weighted by molar-refractivity contribution is -0.121. The number of carbonyl (C=O) groups is 1. The largest absolute Gasteiger partial charge is 0.361 e. The number of nitrogens with zero attached hydrogens (tertiary/aromatic N) is 2. The summed E-state index contributed by atoms with van der Waals surface area (Å²) in [5.41, 5.74) is 2.46. The monoisotopic (exact) mass is 412 g/mol. The fourth-order valence-electron chi connectivity index (χ4n) is 3.00. The molecule has 2 N–H and O–H groups in total. The number of hydrogen-bond donors (Lipinski definition) is 2. The Morgan fingerprint density at radius 1 is 1.25 bits per heavy atom. The number of benzene rings is 1. The standard InChI is InChI=1S/C20H17ClN4O2S/c21-14-3-4-16-15(10-14)13(11-23-16)7-8-22-19(26)12-25-20(27)6-5-17(24-25)18-2-1-9-28-18/h1-6,9-11,23H,7-8,12H2,(H,22,26). The molecule has 28 heavy (non-hydrogen) atoms. The van der Waals surface area contributed by atoms with Crippen molar-refractivity contribution >= 4 is 39.7 Å². The third kappa shape index (κ3) is 4.00. The lowest BCUT2D eigenvalue weighted by atomic mass is 10.1. The van der Waals surface area contributed by atoms with E-state index in [1.807, 2.05) is 41.9 Å². The molecule has 3 heterocycles. The highest BCUT2D eigenvalue weighted by Crippen LogP contribution is 2.23. The number of halogens is 1. The van der Waals surface area contributed by atoms with Gasteiger partial charge in [0.2, 0.25) is 5.91 Å². The first-order valence-electron chi connectivity index (χ1n) is 8.74. The van der Waals surface area contributed by atoms with Crippen LogP contribution in [0, 0.1) is 0 Å². The normalized spacial score (nSPS) is 11.0.